The Morgan fingerprint density at radius 3 is 2.75 bits per heavy atom. The van der Waals surface area contributed by atoms with Gasteiger partial charge in [-0.25, -0.2) is 0 Å². The Morgan fingerprint density at radius 1 is 1.50 bits per heavy atom. The molecular formula is C11H8ClNO3. The molecule has 1 aromatic carbocycles. The van der Waals surface area contributed by atoms with E-state index in [-0.39, 0.29) is 16.5 Å². The van der Waals surface area contributed by atoms with Gasteiger partial charge in [0.15, 0.2) is 5.78 Å². The van der Waals surface area contributed by atoms with E-state index in [4.69, 9.17) is 11.6 Å². The average Bonchev–Trinajstić information content (AvgIpc) is 2.27. The molecule has 0 aliphatic rings. The molecule has 0 fully saturated rings. The van der Waals surface area contributed by atoms with Crippen molar-refractivity contribution in [3.63, 3.8) is 0 Å². The molecular weight excluding hydrogens is 230 g/mol. The monoisotopic (exact) mass is 237 g/mol. The zero-order valence-electron chi connectivity index (χ0n) is 8.22. The fourth-order valence-electron chi connectivity index (χ4n) is 1.02. The molecule has 4 nitrogen and oxygen atoms in total. The van der Waals surface area contributed by atoms with E-state index >= 15 is 0 Å². The van der Waals surface area contributed by atoms with Gasteiger partial charge in [-0.05, 0) is 23.8 Å². The number of ketones is 1. The predicted octanol–water partition coefficient (Wildman–Crippen LogP) is 3.02. The number of allylic oxidation sites excluding steroid dienone is 2. The Hall–Kier alpha value is -1.94. The van der Waals surface area contributed by atoms with E-state index in [9.17, 15) is 14.9 Å². The summed E-state index contributed by atoms with van der Waals surface area (Å²) in [5.41, 5.74) is 0.348. The van der Waals surface area contributed by atoms with Gasteiger partial charge in [0.05, 0.1) is 4.92 Å². The first kappa shape index (κ1) is 12.1. The van der Waals surface area contributed by atoms with Crippen LogP contribution in [-0.2, 0) is 4.79 Å². The third kappa shape index (κ3) is 3.03. The van der Waals surface area contributed by atoms with E-state index in [1.54, 1.807) is 6.07 Å². The second kappa shape index (κ2) is 5.23. The highest BCUT2D eigenvalue weighted by molar-refractivity contribution is 6.32. The van der Waals surface area contributed by atoms with E-state index < -0.39 is 4.92 Å². The lowest BCUT2D eigenvalue weighted by molar-refractivity contribution is -0.384. The Bertz CT molecular complexity index is 480. The highest BCUT2D eigenvalue weighted by atomic mass is 35.5. The summed E-state index contributed by atoms with van der Waals surface area (Å²) in [4.78, 5) is 20.9. The Morgan fingerprint density at radius 2 is 2.19 bits per heavy atom. The average molecular weight is 238 g/mol. The van der Waals surface area contributed by atoms with Gasteiger partial charge in [0.2, 0.25) is 0 Å². The summed E-state index contributed by atoms with van der Waals surface area (Å²) in [5, 5.41) is 10.6. The van der Waals surface area contributed by atoms with Crippen LogP contribution in [0, 0.1) is 10.1 Å². The second-order valence-electron chi connectivity index (χ2n) is 2.91. The molecule has 0 N–H and O–H groups in total. The molecule has 0 atom stereocenters. The van der Waals surface area contributed by atoms with Crippen molar-refractivity contribution in [2.45, 2.75) is 0 Å². The van der Waals surface area contributed by atoms with Crippen LogP contribution in [0.5, 0.6) is 0 Å². The molecule has 82 valence electrons. The van der Waals surface area contributed by atoms with Crippen molar-refractivity contribution < 1.29 is 9.72 Å². The first-order valence-electron chi connectivity index (χ1n) is 4.33. The van der Waals surface area contributed by atoms with Gasteiger partial charge in [-0.3, -0.25) is 14.9 Å². The molecule has 0 spiro atoms. The van der Waals surface area contributed by atoms with Gasteiger partial charge in [-0.15, -0.1) is 0 Å². The van der Waals surface area contributed by atoms with Crippen LogP contribution in [0.3, 0.4) is 0 Å². The Labute approximate surface area is 97.0 Å². The number of hydrogen-bond donors (Lipinski definition) is 0. The SMILES string of the molecule is C=CC(=O)/C=C/c1ccc(Cl)c([N+](=O)[O-])c1. The van der Waals surface area contributed by atoms with Crippen molar-refractivity contribution in [2.24, 2.45) is 0 Å². The van der Waals surface area contributed by atoms with Crippen molar-refractivity contribution >= 4 is 29.1 Å². The van der Waals surface area contributed by atoms with Crippen molar-refractivity contribution in [3.8, 4) is 0 Å². The highest BCUT2D eigenvalue weighted by Crippen LogP contribution is 2.25. The maximum Gasteiger partial charge on any atom is 0.288 e. The third-order valence-corrected chi connectivity index (χ3v) is 2.13. The van der Waals surface area contributed by atoms with Crippen molar-refractivity contribution in [3.05, 3.63) is 57.6 Å². The quantitative estimate of drug-likeness (QED) is 0.459. The van der Waals surface area contributed by atoms with Gasteiger partial charge in [-0.1, -0.05) is 30.3 Å². The Balaban J connectivity index is 3.04. The van der Waals surface area contributed by atoms with Gasteiger partial charge in [0, 0.05) is 6.07 Å². The van der Waals surface area contributed by atoms with Gasteiger partial charge in [0.1, 0.15) is 5.02 Å². The predicted molar refractivity (Wildman–Crippen MR) is 62.3 cm³/mol. The maximum absolute atomic E-state index is 10.9. The lowest BCUT2D eigenvalue weighted by Crippen LogP contribution is -1.90. The number of carbonyl (C=O) groups excluding carboxylic acids is 1. The summed E-state index contributed by atoms with van der Waals surface area (Å²) in [6, 6.07) is 4.30. The summed E-state index contributed by atoms with van der Waals surface area (Å²) in [6.45, 7) is 3.30. The molecule has 0 unspecified atom stereocenters. The summed E-state index contributed by atoms with van der Waals surface area (Å²) in [5.74, 6) is -0.266. The molecule has 0 amide bonds. The first-order valence-corrected chi connectivity index (χ1v) is 4.71. The van der Waals surface area contributed by atoms with E-state index in [1.807, 2.05) is 0 Å². The number of benzene rings is 1. The molecule has 0 saturated heterocycles. The van der Waals surface area contributed by atoms with Crippen LogP contribution in [0.4, 0.5) is 5.69 Å². The van der Waals surface area contributed by atoms with E-state index in [1.165, 1.54) is 24.3 Å². The smallest absolute Gasteiger partial charge is 0.288 e. The zero-order chi connectivity index (χ0) is 12.1. The minimum Gasteiger partial charge on any atom is -0.290 e. The molecule has 1 rings (SSSR count). The lowest BCUT2D eigenvalue weighted by Gasteiger charge is -1.96. The van der Waals surface area contributed by atoms with Crippen molar-refractivity contribution in [1.29, 1.82) is 0 Å². The molecule has 0 aliphatic carbocycles. The van der Waals surface area contributed by atoms with Crippen LogP contribution < -0.4 is 0 Å². The van der Waals surface area contributed by atoms with E-state index in [2.05, 4.69) is 6.58 Å². The van der Waals surface area contributed by atoms with Gasteiger partial charge in [0.25, 0.3) is 5.69 Å². The van der Waals surface area contributed by atoms with Crippen LogP contribution in [0.2, 0.25) is 5.02 Å². The van der Waals surface area contributed by atoms with Crippen LogP contribution in [-0.4, -0.2) is 10.7 Å². The number of nitro groups is 1. The number of rotatable bonds is 4. The number of carbonyl (C=O) groups is 1. The largest absolute Gasteiger partial charge is 0.290 e. The summed E-state index contributed by atoms with van der Waals surface area (Å²) in [6.07, 6.45) is 3.90. The lowest BCUT2D eigenvalue weighted by atomic mass is 10.1. The van der Waals surface area contributed by atoms with Gasteiger partial charge in [-0.2, -0.15) is 0 Å². The van der Waals surface area contributed by atoms with Crippen molar-refractivity contribution in [1.82, 2.24) is 0 Å². The highest BCUT2D eigenvalue weighted by Gasteiger charge is 2.11. The topological polar surface area (TPSA) is 60.2 Å². The molecule has 0 aliphatic heterocycles. The fourth-order valence-corrected chi connectivity index (χ4v) is 1.21. The summed E-state index contributed by atoms with van der Waals surface area (Å²) >= 11 is 5.63. The summed E-state index contributed by atoms with van der Waals surface area (Å²) < 4.78 is 0. The summed E-state index contributed by atoms with van der Waals surface area (Å²) in [7, 11) is 0. The molecule has 0 saturated carbocycles. The normalized spacial score (nSPS) is 10.3. The molecule has 0 aromatic heterocycles. The number of nitro benzene ring substituents is 1. The van der Waals surface area contributed by atoms with Crippen LogP contribution in [0.15, 0.2) is 36.9 Å². The zero-order valence-corrected chi connectivity index (χ0v) is 8.98. The standard InChI is InChI=1S/C11H8ClNO3/c1-2-9(14)5-3-8-4-6-10(12)11(7-8)13(15)16/h2-7H,1H2/b5-3+. The van der Waals surface area contributed by atoms with E-state index in [0.717, 1.165) is 6.08 Å². The minimum atomic E-state index is -0.574. The van der Waals surface area contributed by atoms with Crippen LogP contribution in [0.25, 0.3) is 6.08 Å². The second-order valence-corrected chi connectivity index (χ2v) is 3.31. The fraction of sp³-hybridized carbons (Fsp3) is 0. The Kier molecular flexibility index (Phi) is 3.96. The molecule has 5 heteroatoms. The molecule has 0 heterocycles. The third-order valence-electron chi connectivity index (χ3n) is 1.81. The number of nitrogens with zero attached hydrogens (tertiary/aromatic N) is 1. The molecule has 1 aromatic rings. The van der Waals surface area contributed by atoms with Crippen molar-refractivity contribution in [2.75, 3.05) is 0 Å². The van der Waals surface area contributed by atoms with Crippen LogP contribution in [0.1, 0.15) is 5.56 Å². The molecule has 16 heavy (non-hydrogen) atoms. The van der Waals surface area contributed by atoms with Crippen LogP contribution >= 0.6 is 11.6 Å². The van der Waals surface area contributed by atoms with E-state index in [0.29, 0.717) is 5.56 Å². The number of hydrogen-bond acceptors (Lipinski definition) is 3. The van der Waals surface area contributed by atoms with Gasteiger partial charge >= 0.3 is 0 Å². The maximum atomic E-state index is 10.9. The van der Waals surface area contributed by atoms with Gasteiger partial charge < -0.3 is 0 Å². The number of halogens is 1. The minimum absolute atomic E-state index is 0.0668. The first-order chi connectivity index (χ1) is 7.54. The molecule has 0 bridgehead atoms. The molecule has 0 radical (unpaired) electrons.